The average molecular weight is 424 g/mol. The fraction of sp³-hybridized carbons (Fsp3) is 0.458. The Labute approximate surface area is 182 Å². The van der Waals surface area contributed by atoms with E-state index in [2.05, 4.69) is 10.3 Å². The molecule has 4 rings (SSSR count). The summed E-state index contributed by atoms with van der Waals surface area (Å²) in [4.78, 5) is 30.2. The van der Waals surface area contributed by atoms with Gasteiger partial charge in [-0.3, -0.25) is 14.6 Å². The molecule has 7 nitrogen and oxygen atoms in total. The number of benzene rings is 1. The zero-order valence-electron chi connectivity index (χ0n) is 18.1. The number of rotatable bonds is 7. The standard InChI is InChI=1S/C24H29N3O4/c1-16(28)26-21-9-10-25-13-19(21)15-27-14-18(12-24(27)29)17-7-8-22(30-2)23(11-17)31-20-5-3-4-6-20/h7-11,13,18,20H,3-6,12,14-15H2,1-2H3,(H,25,26,28)/t18-/m0/s1. The molecule has 31 heavy (non-hydrogen) atoms. The van der Waals surface area contributed by atoms with Crippen LogP contribution in [0.25, 0.3) is 0 Å². The lowest BCUT2D eigenvalue weighted by Crippen LogP contribution is -2.25. The monoisotopic (exact) mass is 423 g/mol. The second-order valence-corrected chi connectivity index (χ2v) is 8.32. The van der Waals surface area contributed by atoms with E-state index in [-0.39, 0.29) is 23.8 Å². The highest BCUT2D eigenvalue weighted by molar-refractivity contribution is 5.89. The van der Waals surface area contributed by atoms with E-state index in [0.717, 1.165) is 35.5 Å². The number of hydrogen-bond donors (Lipinski definition) is 1. The van der Waals surface area contributed by atoms with Gasteiger partial charge in [-0.1, -0.05) is 6.07 Å². The molecule has 2 fully saturated rings. The fourth-order valence-electron chi connectivity index (χ4n) is 4.44. The third-order valence-corrected chi connectivity index (χ3v) is 6.04. The lowest BCUT2D eigenvalue weighted by atomic mass is 9.98. The summed E-state index contributed by atoms with van der Waals surface area (Å²) in [5, 5.41) is 2.81. The smallest absolute Gasteiger partial charge is 0.223 e. The Kier molecular flexibility index (Phi) is 6.39. The molecule has 2 heterocycles. The number of aromatic nitrogens is 1. The fourth-order valence-corrected chi connectivity index (χ4v) is 4.44. The Morgan fingerprint density at radius 2 is 2.03 bits per heavy atom. The van der Waals surface area contributed by atoms with Gasteiger partial charge < -0.3 is 19.7 Å². The summed E-state index contributed by atoms with van der Waals surface area (Å²) in [6.07, 6.45) is 8.57. The van der Waals surface area contributed by atoms with Crippen LogP contribution in [0.5, 0.6) is 11.5 Å². The molecule has 2 amide bonds. The summed E-state index contributed by atoms with van der Waals surface area (Å²) in [6.45, 7) is 2.50. The maximum Gasteiger partial charge on any atom is 0.223 e. The highest BCUT2D eigenvalue weighted by Crippen LogP contribution is 2.37. The molecule has 2 aromatic rings. The first kappa shape index (κ1) is 21.2. The van der Waals surface area contributed by atoms with Crippen LogP contribution in [0.15, 0.2) is 36.7 Å². The van der Waals surface area contributed by atoms with Gasteiger partial charge in [0.25, 0.3) is 0 Å². The number of carbonyl (C=O) groups is 2. The first-order chi connectivity index (χ1) is 15.0. The molecule has 1 N–H and O–H groups in total. The maximum atomic E-state index is 12.7. The van der Waals surface area contributed by atoms with E-state index in [1.165, 1.54) is 19.8 Å². The van der Waals surface area contributed by atoms with Crippen molar-refractivity contribution in [3.8, 4) is 11.5 Å². The van der Waals surface area contributed by atoms with Crippen LogP contribution in [0, 0.1) is 0 Å². The number of anilines is 1. The minimum absolute atomic E-state index is 0.0882. The molecule has 1 aliphatic heterocycles. The van der Waals surface area contributed by atoms with Crippen LogP contribution in [0.2, 0.25) is 0 Å². The quantitative estimate of drug-likeness (QED) is 0.731. The van der Waals surface area contributed by atoms with Crippen molar-refractivity contribution in [1.29, 1.82) is 0 Å². The number of nitrogens with one attached hydrogen (secondary N) is 1. The summed E-state index contributed by atoms with van der Waals surface area (Å²) >= 11 is 0. The van der Waals surface area contributed by atoms with Gasteiger partial charge in [0.2, 0.25) is 11.8 Å². The second-order valence-electron chi connectivity index (χ2n) is 8.32. The molecule has 1 aromatic carbocycles. The molecule has 1 aromatic heterocycles. The molecule has 0 spiro atoms. The molecule has 2 aliphatic rings. The molecule has 1 aliphatic carbocycles. The van der Waals surface area contributed by atoms with E-state index in [9.17, 15) is 9.59 Å². The molecule has 164 valence electrons. The zero-order chi connectivity index (χ0) is 21.8. The van der Waals surface area contributed by atoms with E-state index in [0.29, 0.717) is 25.2 Å². The minimum Gasteiger partial charge on any atom is -0.493 e. The molecule has 1 atom stereocenters. The van der Waals surface area contributed by atoms with E-state index < -0.39 is 0 Å². The molecule has 0 bridgehead atoms. The molecule has 1 saturated heterocycles. The third kappa shape index (κ3) is 4.98. The molecular weight excluding hydrogens is 394 g/mol. The molecule has 1 saturated carbocycles. The van der Waals surface area contributed by atoms with Gasteiger partial charge in [0.15, 0.2) is 11.5 Å². The minimum atomic E-state index is -0.147. The molecular formula is C24H29N3O4. The number of amides is 2. The van der Waals surface area contributed by atoms with Gasteiger partial charge in [0.05, 0.1) is 13.2 Å². The average Bonchev–Trinajstić information content (AvgIpc) is 3.39. The largest absolute Gasteiger partial charge is 0.493 e. The Morgan fingerprint density at radius 3 is 2.77 bits per heavy atom. The summed E-state index contributed by atoms with van der Waals surface area (Å²) < 4.78 is 11.7. The van der Waals surface area contributed by atoms with Crippen molar-refractivity contribution in [2.24, 2.45) is 0 Å². The van der Waals surface area contributed by atoms with Crippen LogP contribution >= 0.6 is 0 Å². The SMILES string of the molecule is COc1ccc([C@H]2CC(=O)N(Cc3cnccc3NC(C)=O)C2)cc1OC1CCCC1. The highest BCUT2D eigenvalue weighted by atomic mass is 16.5. The topological polar surface area (TPSA) is 80.8 Å². The van der Waals surface area contributed by atoms with Gasteiger partial charge in [-0.2, -0.15) is 0 Å². The summed E-state index contributed by atoms with van der Waals surface area (Å²) in [5.74, 6) is 1.53. The second kappa shape index (κ2) is 9.37. The first-order valence-corrected chi connectivity index (χ1v) is 10.9. The predicted molar refractivity (Wildman–Crippen MR) is 117 cm³/mol. The van der Waals surface area contributed by atoms with Crippen LogP contribution in [-0.2, 0) is 16.1 Å². The van der Waals surface area contributed by atoms with Crippen molar-refractivity contribution in [3.05, 3.63) is 47.8 Å². The number of pyridine rings is 1. The van der Waals surface area contributed by atoms with Crippen LogP contribution in [-0.4, -0.2) is 41.5 Å². The zero-order valence-corrected chi connectivity index (χ0v) is 18.1. The number of nitrogens with zero attached hydrogens (tertiary/aromatic N) is 2. The van der Waals surface area contributed by atoms with Crippen LogP contribution < -0.4 is 14.8 Å². The molecule has 0 radical (unpaired) electrons. The van der Waals surface area contributed by atoms with E-state index >= 15 is 0 Å². The summed E-state index contributed by atoms with van der Waals surface area (Å²) in [5.41, 5.74) is 2.60. The summed E-state index contributed by atoms with van der Waals surface area (Å²) in [7, 11) is 1.65. The molecule has 0 unspecified atom stereocenters. The van der Waals surface area contributed by atoms with E-state index in [1.807, 2.05) is 23.1 Å². The lowest BCUT2D eigenvalue weighted by molar-refractivity contribution is -0.128. The Balaban J connectivity index is 1.48. The number of hydrogen-bond acceptors (Lipinski definition) is 5. The van der Waals surface area contributed by atoms with E-state index in [4.69, 9.17) is 9.47 Å². The van der Waals surface area contributed by atoms with Crippen LogP contribution in [0.4, 0.5) is 5.69 Å². The predicted octanol–water partition coefficient (Wildman–Crippen LogP) is 3.89. The van der Waals surface area contributed by atoms with Gasteiger partial charge >= 0.3 is 0 Å². The number of carbonyl (C=O) groups excluding carboxylic acids is 2. The highest BCUT2D eigenvalue weighted by Gasteiger charge is 2.32. The third-order valence-electron chi connectivity index (χ3n) is 6.04. The van der Waals surface area contributed by atoms with Gasteiger partial charge in [-0.25, -0.2) is 0 Å². The van der Waals surface area contributed by atoms with Gasteiger partial charge in [-0.15, -0.1) is 0 Å². The van der Waals surface area contributed by atoms with Crippen molar-refractivity contribution >= 4 is 17.5 Å². The summed E-state index contributed by atoms with van der Waals surface area (Å²) in [6, 6.07) is 7.74. The van der Waals surface area contributed by atoms with Crippen molar-refractivity contribution in [2.45, 2.75) is 57.6 Å². The Bertz CT molecular complexity index is 956. The van der Waals surface area contributed by atoms with Crippen LogP contribution in [0.3, 0.4) is 0 Å². The van der Waals surface area contributed by atoms with Crippen molar-refractivity contribution in [3.63, 3.8) is 0 Å². The van der Waals surface area contributed by atoms with Crippen molar-refractivity contribution in [2.75, 3.05) is 19.0 Å². The van der Waals surface area contributed by atoms with Crippen molar-refractivity contribution in [1.82, 2.24) is 9.88 Å². The number of methoxy groups -OCH3 is 1. The van der Waals surface area contributed by atoms with Crippen LogP contribution in [0.1, 0.15) is 56.1 Å². The normalized spacial score (nSPS) is 19.0. The Morgan fingerprint density at radius 1 is 1.23 bits per heavy atom. The van der Waals surface area contributed by atoms with Crippen molar-refractivity contribution < 1.29 is 19.1 Å². The Hall–Kier alpha value is -3.09. The van der Waals surface area contributed by atoms with E-state index in [1.54, 1.807) is 25.6 Å². The number of likely N-dealkylation sites (tertiary alicyclic amines) is 1. The first-order valence-electron chi connectivity index (χ1n) is 10.9. The number of ether oxygens (including phenoxy) is 2. The van der Waals surface area contributed by atoms with Gasteiger partial charge in [0.1, 0.15) is 0 Å². The van der Waals surface area contributed by atoms with Gasteiger partial charge in [-0.05, 0) is 49.4 Å². The molecule has 7 heteroatoms. The van der Waals surface area contributed by atoms with Gasteiger partial charge in [0, 0.05) is 56.0 Å². The lowest BCUT2D eigenvalue weighted by Gasteiger charge is -2.20. The maximum absolute atomic E-state index is 12.7.